The highest BCUT2D eigenvalue weighted by molar-refractivity contribution is 5.11. The standard InChI is InChI=1S/C13H21N5/c1-4-11-6-13(18(5-2)16-11)9-17-8-12(7-14-3)15-10-17/h6,8,10,14H,4-5,7,9H2,1-3H3. The summed E-state index contributed by atoms with van der Waals surface area (Å²) in [6.07, 6.45) is 4.94. The third-order valence-electron chi connectivity index (χ3n) is 2.96. The van der Waals surface area contributed by atoms with Gasteiger partial charge in [0.05, 0.1) is 30.0 Å². The van der Waals surface area contributed by atoms with Crippen LogP contribution in [0.2, 0.25) is 0 Å². The lowest BCUT2D eigenvalue weighted by molar-refractivity contribution is 0.594. The van der Waals surface area contributed by atoms with Crippen LogP contribution in [0.5, 0.6) is 0 Å². The molecule has 5 heteroatoms. The number of hydrogen-bond donors (Lipinski definition) is 1. The zero-order valence-corrected chi connectivity index (χ0v) is 11.3. The molecule has 0 spiro atoms. The molecule has 0 amide bonds. The van der Waals surface area contributed by atoms with E-state index >= 15 is 0 Å². The van der Waals surface area contributed by atoms with E-state index in [0.717, 1.165) is 37.4 Å². The summed E-state index contributed by atoms with van der Waals surface area (Å²) in [5.41, 5.74) is 3.46. The Labute approximate surface area is 108 Å². The predicted octanol–water partition coefficient (Wildman–Crippen LogP) is 1.43. The Hall–Kier alpha value is -1.62. The molecule has 98 valence electrons. The molecule has 0 saturated heterocycles. The van der Waals surface area contributed by atoms with Crippen LogP contribution in [0.3, 0.4) is 0 Å². The fourth-order valence-electron chi connectivity index (χ4n) is 2.04. The van der Waals surface area contributed by atoms with Gasteiger partial charge in [0, 0.05) is 19.3 Å². The predicted molar refractivity (Wildman–Crippen MR) is 71.4 cm³/mol. The minimum absolute atomic E-state index is 0.806. The summed E-state index contributed by atoms with van der Waals surface area (Å²) >= 11 is 0. The van der Waals surface area contributed by atoms with Crippen LogP contribution >= 0.6 is 0 Å². The van der Waals surface area contributed by atoms with Crippen molar-refractivity contribution in [3.8, 4) is 0 Å². The molecular weight excluding hydrogens is 226 g/mol. The summed E-state index contributed by atoms with van der Waals surface area (Å²) in [6.45, 7) is 6.80. The maximum Gasteiger partial charge on any atom is 0.0953 e. The molecule has 2 aromatic heterocycles. The first-order valence-electron chi connectivity index (χ1n) is 6.47. The number of aromatic nitrogens is 4. The maximum atomic E-state index is 4.56. The molecule has 0 bridgehead atoms. The van der Waals surface area contributed by atoms with Gasteiger partial charge in [-0.05, 0) is 26.5 Å². The van der Waals surface area contributed by atoms with Crippen molar-refractivity contribution in [3.05, 3.63) is 35.7 Å². The van der Waals surface area contributed by atoms with Crippen LogP contribution in [0, 0.1) is 0 Å². The Morgan fingerprint density at radius 2 is 2.11 bits per heavy atom. The van der Waals surface area contributed by atoms with Gasteiger partial charge in [0.25, 0.3) is 0 Å². The van der Waals surface area contributed by atoms with Gasteiger partial charge in [0.2, 0.25) is 0 Å². The van der Waals surface area contributed by atoms with Crippen molar-refractivity contribution in [2.24, 2.45) is 0 Å². The average molecular weight is 247 g/mol. The van der Waals surface area contributed by atoms with Crippen molar-refractivity contribution in [2.75, 3.05) is 7.05 Å². The topological polar surface area (TPSA) is 47.7 Å². The SMILES string of the molecule is CCc1cc(Cn2cnc(CNC)c2)n(CC)n1. The largest absolute Gasteiger partial charge is 0.331 e. The molecular formula is C13H21N5. The summed E-state index contributed by atoms with van der Waals surface area (Å²) < 4.78 is 4.17. The van der Waals surface area contributed by atoms with Gasteiger partial charge in [-0.3, -0.25) is 4.68 Å². The maximum absolute atomic E-state index is 4.56. The Balaban J connectivity index is 2.14. The van der Waals surface area contributed by atoms with Crippen molar-refractivity contribution in [2.45, 2.75) is 39.9 Å². The van der Waals surface area contributed by atoms with E-state index < -0.39 is 0 Å². The molecule has 1 N–H and O–H groups in total. The van der Waals surface area contributed by atoms with Crippen molar-refractivity contribution in [1.29, 1.82) is 0 Å². The summed E-state index contributed by atoms with van der Waals surface area (Å²) in [7, 11) is 1.93. The number of rotatable bonds is 6. The number of nitrogens with zero attached hydrogens (tertiary/aromatic N) is 4. The van der Waals surface area contributed by atoms with Gasteiger partial charge in [-0.15, -0.1) is 0 Å². The molecule has 0 unspecified atom stereocenters. The lowest BCUT2D eigenvalue weighted by Crippen LogP contribution is -2.07. The van der Waals surface area contributed by atoms with E-state index in [1.807, 2.05) is 13.4 Å². The summed E-state index contributed by atoms with van der Waals surface area (Å²) in [5.74, 6) is 0. The van der Waals surface area contributed by atoms with Gasteiger partial charge in [0.1, 0.15) is 0 Å². The Morgan fingerprint density at radius 1 is 1.28 bits per heavy atom. The van der Waals surface area contributed by atoms with E-state index in [0.29, 0.717) is 0 Å². The number of hydrogen-bond acceptors (Lipinski definition) is 3. The highest BCUT2D eigenvalue weighted by Crippen LogP contribution is 2.08. The third kappa shape index (κ3) is 2.79. The summed E-state index contributed by atoms with van der Waals surface area (Å²) in [6, 6.07) is 2.18. The second-order valence-corrected chi connectivity index (χ2v) is 4.36. The van der Waals surface area contributed by atoms with Crippen molar-refractivity contribution in [1.82, 2.24) is 24.6 Å². The molecule has 5 nitrogen and oxygen atoms in total. The number of nitrogens with one attached hydrogen (secondary N) is 1. The van der Waals surface area contributed by atoms with Gasteiger partial charge in [-0.2, -0.15) is 5.10 Å². The molecule has 0 aromatic carbocycles. The van der Waals surface area contributed by atoms with Crippen LogP contribution in [0.15, 0.2) is 18.6 Å². The van der Waals surface area contributed by atoms with E-state index in [1.165, 1.54) is 5.69 Å². The number of imidazole rings is 1. The van der Waals surface area contributed by atoms with E-state index in [2.05, 4.69) is 50.8 Å². The van der Waals surface area contributed by atoms with E-state index in [-0.39, 0.29) is 0 Å². The van der Waals surface area contributed by atoms with Crippen LogP contribution in [0.25, 0.3) is 0 Å². The van der Waals surface area contributed by atoms with Crippen LogP contribution in [0.4, 0.5) is 0 Å². The summed E-state index contributed by atoms with van der Waals surface area (Å²) in [4.78, 5) is 4.36. The minimum atomic E-state index is 0.806. The highest BCUT2D eigenvalue weighted by atomic mass is 15.3. The van der Waals surface area contributed by atoms with Crippen molar-refractivity contribution >= 4 is 0 Å². The first-order chi connectivity index (χ1) is 8.76. The molecule has 0 aliphatic rings. The lowest BCUT2D eigenvalue weighted by Gasteiger charge is -2.04. The molecule has 2 rings (SSSR count). The molecule has 0 aliphatic heterocycles. The fraction of sp³-hybridized carbons (Fsp3) is 0.538. The van der Waals surface area contributed by atoms with E-state index in [4.69, 9.17) is 0 Å². The van der Waals surface area contributed by atoms with E-state index in [9.17, 15) is 0 Å². The summed E-state index contributed by atoms with van der Waals surface area (Å²) in [5, 5.41) is 7.66. The zero-order valence-electron chi connectivity index (χ0n) is 11.3. The third-order valence-corrected chi connectivity index (χ3v) is 2.96. The van der Waals surface area contributed by atoms with Crippen LogP contribution < -0.4 is 5.32 Å². The Bertz CT molecular complexity index is 497. The molecule has 2 aromatic rings. The van der Waals surface area contributed by atoms with Crippen LogP contribution in [0.1, 0.15) is 30.9 Å². The van der Waals surface area contributed by atoms with Gasteiger partial charge < -0.3 is 9.88 Å². The van der Waals surface area contributed by atoms with Gasteiger partial charge in [0.15, 0.2) is 0 Å². The van der Waals surface area contributed by atoms with Crippen LogP contribution in [-0.4, -0.2) is 26.4 Å². The van der Waals surface area contributed by atoms with Crippen molar-refractivity contribution in [3.63, 3.8) is 0 Å². The fourth-order valence-corrected chi connectivity index (χ4v) is 2.04. The molecule has 0 saturated carbocycles. The first kappa shape index (κ1) is 12.8. The Kier molecular flexibility index (Phi) is 4.15. The van der Waals surface area contributed by atoms with Crippen molar-refractivity contribution < 1.29 is 0 Å². The molecule has 18 heavy (non-hydrogen) atoms. The molecule has 0 fully saturated rings. The van der Waals surface area contributed by atoms with Gasteiger partial charge in [-0.1, -0.05) is 6.92 Å². The second kappa shape index (κ2) is 5.82. The normalized spacial score (nSPS) is 11.1. The van der Waals surface area contributed by atoms with E-state index in [1.54, 1.807) is 0 Å². The van der Waals surface area contributed by atoms with Crippen LogP contribution in [-0.2, 0) is 26.1 Å². The zero-order chi connectivity index (χ0) is 13.0. The monoisotopic (exact) mass is 247 g/mol. The molecule has 2 heterocycles. The van der Waals surface area contributed by atoms with Gasteiger partial charge in [-0.25, -0.2) is 4.98 Å². The minimum Gasteiger partial charge on any atom is -0.331 e. The lowest BCUT2D eigenvalue weighted by atomic mass is 10.3. The molecule has 0 radical (unpaired) electrons. The molecule has 0 aliphatic carbocycles. The number of aryl methyl sites for hydroxylation is 2. The average Bonchev–Trinajstić information content (AvgIpc) is 2.97. The molecule has 0 atom stereocenters. The smallest absolute Gasteiger partial charge is 0.0953 e. The first-order valence-corrected chi connectivity index (χ1v) is 6.47. The highest BCUT2D eigenvalue weighted by Gasteiger charge is 2.06. The second-order valence-electron chi connectivity index (χ2n) is 4.36. The van der Waals surface area contributed by atoms with Gasteiger partial charge >= 0.3 is 0 Å². The quantitative estimate of drug-likeness (QED) is 0.840. The Morgan fingerprint density at radius 3 is 2.78 bits per heavy atom.